The van der Waals surface area contributed by atoms with Gasteiger partial charge in [-0.05, 0) is 41.5 Å². The summed E-state index contributed by atoms with van der Waals surface area (Å²) in [6.07, 6.45) is 1.80. The van der Waals surface area contributed by atoms with Gasteiger partial charge in [-0.1, -0.05) is 59.8 Å². The SMILES string of the molecule is O=C1NC(=S)SC1=Cc1cccc(OCc2cccc(Cl)c2)c1. The summed E-state index contributed by atoms with van der Waals surface area (Å²) in [6, 6.07) is 15.1. The van der Waals surface area contributed by atoms with Crippen LogP contribution in [0.4, 0.5) is 0 Å². The van der Waals surface area contributed by atoms with Crippen molar-refractivity contribution in [3.8, 4) is 5.75 Å². The van der Waals surface area contributed by atoms with Gasteiger partial charge in [-0.3, -0.25) is 4.79 Å². The molecule has 3 rings (SSSR count). The summed E-state index contributed by atoms with van der Waals surface area (Å²) in [6.45, 7) is 0.430. The highest BCUT2D eigenvalue weighted by Crippen LogP contribution is 2.27. The number of amides is 1. The van der Waals surface area contributed by atoms with E-state index in [9.17, 15) is 4.79 Å². The molecule has 0 spiro atoms. The Kier molecular flexibility index (Phi) is 5.00. The first-order chi connectivity index (χ1) is 11.1. The van der Waals surface area contributed by atoms with Gasteiger partial charge in [-0.15, -0.1) is 0 Å². The molecule has 23 heavy (non-hydrogen) atoms. The smallest absolute Gasteiger partial charge is 0.263 e. The molecular weight excluding hydrogens is 350 g/mol. The number of hydrogen-bond acceptors (Lipinski definition) is 4. The molecule has 0 saturated carbocycles. The van der Waals surface area contributed by atoms with Crippen molar-refractivity contribution in [3.63, 3.8) is 0 Å². The quantitative estimate of drug-likeness (QED) is 0.646. The van der Waals surface area contributed by atoms with E-state index in [0.29, 0.717) is 20.9 Å². The van der Waals surface area contributed by atoms with Gasteiger partial charge in [-0.2, -0.15) is 0 Å². The highest BCUT2D eigenvalue weighted by atomic mass is 35.5. The fourth-order valence-electron chi connectivity index (χ4n) is 2.06. The molecule has 2 aromatic carbocycles. The molecule has 0 aromatic heterocycles. The standard InChI is InChI=1S/C17H12ClNO2S2/c18-13-5-1-4-12(7-13)10-21-14-6-2-3-11(8-14)9-15-16(20)19-17(22)23-15/h1-9H,10H2,(H,19,20,22). The van der Waals surface area contributed by atoms with Crippen LogP contribution in [0.5, 0.6) is 5.75 Å². The van der Waals surface area contributed by atoms with Gasteiger partial charge in [0.05, 0.1) is 4.91 Å². The molecule has 1 saturated heterocycles. The van der Waals surface area contributed by atoms with Crippen molar-refractivity contribution in [3.05, 3.63) is 69.6 Å². The third-order valence-corrected chi connectivity index (χ3v) is 4.49. The molecule has 1 aliphatic heterocycles. The van der Waals surface area contributed by atoms with E-state index in [0.717, 1.165) is 16.9 Å². The van der Waals surface area contributed by atoms with Gasteiger partial charge in [0.25, 0.3) is 5.91 Å². The lowest BCUT2D eigenvalue weighted by molar-refractivity contribution is -0.115. The lowest BCUT2D eigenvalue weighted by atomic mass is 10.2. The van der Waals surface area contributed by atoms with Crippen molar-refractivity contribution in [1.82, 2.24) is 5.32 Å². The minimum atomic E-state index is -0.162. The van der Waals surface area contributed by atoms with Crippen LogP contribution in [-0.4, -0.2) is 10.2 Å². The lowest BCUT2D eigenvalue weighted by Gasteiger charge is -2.07. The summed E-state index contributed by atoms with van der Waals surface area (Å²) in [4.78, 5) is 12.3. The topological polar surface area (TPSA) is 38.3 Å². The minimum absolute atomic E-state index is 0.162. The number of ether oxygens (including phenoxy) is 1. The fraction of sp³-hybridized carbons (Fsp3) is 0.0588. The fourth-order valence-corrected chi connectivity index (χ4v) is 3.32. The Bertz CT molecular complexity index is 805. The zero-order chi connectivity index (χ0) is 16.2. The third kappa shape index (κ3) is 4.34. The van der Waals surface area contributed by atoms with E-state index in [1.807, 2.05) is 48.5 Å². The number of rotatable bonds is 4. The lowest BCUT2D eigenvalue weighted by Crippen LogP contribution is -2.17. The normalized spacial score (nSPS) is 15.8. The zero-order valence-electron chi connectivity index (χ0n) is 11.9. The first-order valence-corrected chi connectivity index (χ1v) is 8.42. The highest BCUT2D eigenvalue weighted by Gasteiger charge is 2.21. The van der Waals surface area contributed by atoms with Crippen molar-refractivity contribution in [2.75, 3.05) is 0 Å². The molecule has 0 aliphatic carbocycles. The summed E-state index contributed by atoms with van der Waals surface area (Å²) in [7, 11) is 0. The number of hydrogen-bond donors (Lipinski definition) is 1. The molecule has 1 heterocycles. The van der Waals surface area contributed by atoms with Gasteiger partial charge in [-0.25, -0.2) is 0 Å². The summed E-state index contributed by atoms with van der Waals surface area (Å²) >= 11 is 12.2. The Labute approximate surface area is 148 Å². The van der Waals surface area contributed by atoms with Crippen LogP contribution < -0.4 is 10.1 Å². The number of carbonyl (C=O) groups is 1. The van der Waals surface area contributed by atoms with Crippen molar-refractivity contribution in [2.45, 2.75) is 6.61 Å². The van der Waals surface area contributed by atoms with E-state index in [2.05, 4.69) is 5.32 Å². The van der Waals surface area contributed by atoms with Gasteiger partial charge in [0, 0.05) is 5.02 Å². The van der Waals surface area contributed by atoms with Crippen molar-refractivity contribution in [1.29, 1.82) is 0 Å². The van der Waals surface area contributed by atoms with E-state index in [1.165, 1.54) is 11.8 Å². The molecule has 0 unspecified atom stereocenters. The van der Waals surface area contributed by atoms with Crippen LogP contribution in [0.25, 0.3) is 6.08 Å². The summed E-state index contributed by atoms with van der Waals surface area (Å²) < 4.78 is 6.26. The first-order valence-electron chi connectivity index (χ1n) is 6.82. The summed E-state index contributed by atoms with van der Waals surface area (Å²) in [5.41, 5.74) is 1.88. The maximum absolute atomic E-state index is 11.7. The Morgan fingerprint density at radius 3 is 2.78 bits per heavy atom. The van der Waals surface area contributed by atoms with E-state index in [-0.39, 0.29) is 5.91 Å². The monoisotopic (exact) mass is 361 g/mol. The summed E-state index contributed by atoms with van der Waals surface area (Å²) in [5.74, 6) is 0.565. The molecule has 3 nitrogen and oxygen atoms in total. The van der Waals surface area contributed by atoms with Gasteiger partial charge in [0.15, 0.2) is 0 Å². The molecular formula is C17H12ClNO2S2. The average molecular weight is 362 g/mol. The Morgan fingerprint density at radius 1 is 1.22 bits per heavy atom. The second-order valence-corrected chi connectivity index (χ2v) is 7.00. The Balaban J connectivity index is 1.71. The van der Waals surface area contributed by atoms with E-state index < -0.39 is 0 Å². The van der Waals surface area contributed by atoms with Crippen LogP contribution in [0.1, 0.15) is 11.1 Å². The van der Waals surface area contributed by atoms with Gasteiger partial charge in [0.1, 0.15) is 16.7 Å². The first kappa shape index (κ1) is 16.1. The Morgan fingerprint density at radius 2 is 2.04 bits per heavy atom. The summed E-state index contributed by atoms with van der Waals surface area (Å²) in [5, 5.41) is 3.28. The molecule has 1 fully saturated rings. The van der Waals surface area contributed by atoms with E-state index in [4.69, 9.17) is 28.6 Å². The zero-order valence-corrected chi connectivity index (χ0v) is 14.3. The molecule has 6 heteroatoms. The maximum atomic E-state index is 11.7. The van der Waals surface area contributed by atoms with E-state index >= 15 is 0 Å². The number of thiocarbonyl (C=S) groups is 1. The van der Waals surface area contributed by atoms with Gasteiger partial charge in [0.2, 0.25) is 0 Å². The second kappa shape index (κ2) is 7.17. The Hall–Kier alpha value is -1.82. The van der Waals surface area contributed by atoms with Crippen LogP contribution in [0.15, 0.2) is 53.4 Å². The average Bonchev–Trinajstić information content (AvgIpc) is 2.83. The second-order valence-electron chi connectivity index (χ2n) is 4.84. The van der Waals surface area contributed by atoms with Crippen LogP contribution in [0.2, 0.25) is 5.02 Å². The molecule has 1 N–H and O–H groups in total. The van der Waals surface area contributed by atoms with Gasteiger partial charge < -0.3 is 10.1 Å². The molecule has 1 amide bonds. The van der Waals surface area contributed by atoms with Crippen molar-refractivity contribution >= 4 is 51.9 Å². The third-order valence-electron chi connectivity index (χ3n) is 3.09. The minimum Gasteiger partial charge on any atom is -0.489 e. The number of halogens is 1. The largest absolute Gasteiger partial charge is 0.489 e. The molecule has 2 aromatic rings. The van der Waals surface area contributed by atoms with Crippen molar-refractivity contribution < 1.29 is 9.53 Å². The van der Waals surface area contributed by atoms with Crippen LogP contribution in [0.3, 0.4) is 0 Å². The predicted molar refractivity (Wildman–Crippen MR) is 98.5 cm³/mol. The number of thioether (sulfide) groups is 1. The molecule has 0 bridgehead atoms. The predicted octanol–water partition coefficient (Wildman–Crippen LogP) is 4.41. The highest BCUT2D eigenvalue weighted by molar-refractivity contribution is 8.26. The number of benzene rings is 2. The van der Waals surface area contributed by atoms with Crippen LogP contribution in [0, 0.1) is 0 Å². The van der Waals surface area contributed by atoms with Crippen LogP contribution in [-0.2, 0) is 11.4 Å². The molecule has 0 atom stereocenters. The number of carbonyl (C=O) groups excluding carboxylic acids is 1. The number of nitrogens with one attached hydrogen (secondary N) is 1. The van der Waals surface area contributed by atoms with E-state index in [1.54, 1.807) is 6.08 Å². The van der Waals surface area contributed by atoms with Crippen LogP contribution >= 0.6 is 35.6 Å². The molecule has 116 valence electrons. The van der Waals surface area contributed by atoms with Gasteiger partial charge >= 0.3 is 0 Å². The maximum Gasteiger partial charge on any atom is 0.263 e. The molecule has 1 aliphatic rings. The van der Waals surface area contributed by atoms with Crippen molar-refractivity contribution in [2.24, 2.45) is 0 Å². The molecule has 0 radical (unpaired) electrons.